The smallest absolute Gasteiger partial charge is 0.140 e. The molecule has 0 radical (unpaired) electrons. The van der Waals surface area contributed by atoms with Gasteiger partial charge in [-0.05, 0) is 11.5 Å². The van der Waals surface area contributed by atoms with Crippen molar-refractivity contribution >= 4 is 0 Å². The normalized spacial score (nSPS) is 10.5. The molecule has 0 atom stereocenters. The maximum Gasteiger partial charge on any atom is 0.140 e. The number of hydrogen-bond donors (Lipinski definition) is 0. The van der Waals surface area contributed by atoms with E-state index in [1.807, 2.05) is 18.2 Å². The van der Waals surface area contributed by atoms with E-state index in [4.69, 9.17) is 4.98 Å². The van der Waals surface area contributed by atoms with E-state index >= 15 is 0 Å². The molecule has 0 bridgehead atoms. The molecule has 0 aliphatic carbocycles. The van der Waals surface area contributed by atoms with E-state index in [2.05, 4.69) is 81.9 Å². The van der Waals surface area contributed by atoms with Crippen LogP contribution in [0.4, 0.5) is 0 Å². The summed E-state index contributed by atoms with van der Waals surface area (Å²) in [6, 6.07) is 18.8. The van der Waals surface area contributed by atoms with Crippen LogP contribution in [0.3, 0.4) is 0 Å². The summed E-state index contributed by atoms with van der Waals surface area (Å²) in [7, 11) is 2.06. The topological polar surface area (TPSA) is 17.8 Å². The molecular weight excluding hydrogens is 304 g/mol. The molecule has 0 N–H and O–H groups in total. The van der Waals surface area contributed by atoms with Crippen LogP contribution >= 0.6 is 0 Å². The van der Waals surface area contributed by atoms with Gasteiger partial charge in [0.15, 0.2) is 0 Å². The van der Waals surface area contributed by atoms with E-state index in [-0.39, 0.29) is 0 Å². The number of rotatable bonds is 4. The van der Waals surface area contributed by atoms with Crippen LogP contribution in [0.5, 0.6) is 0 Å². The second-order valence-electron chi connectivity index (χ2n) is 6.67. The van der Waals surface area contributed by atoms with Crippen molar-refractivity contribution in [3.8, 4) is 22.6 Å². The summed E-state index contributed by atoms with van der Waals surface area (Å²) in [5.74, 6) is 1.51. The molecule has 1 heterocycles. The quantitative estimate of drug-likeness (QED) is 0.520. The summed E-state index contributed by atoms with van der Waals surface area (Å²) in [4.78, 5) is 4.86. The van der Waals surface area contributed by atoms with Gasteiger partial charge in [0.2, 0.25) is 0 Å². The van der Waals surface area contributed by atoms with Gasteiger partial charge in [-0.1, -0.05) is 95.1 Å². The molecule has 25 heavy (non-hydrogen) atoms. The first kappa shape index (κ1) is 19.0. The molecule has 0 aliphatic heterocycles. The van der Waals surface area contributed by atoms with Gasteiger partial charge in [0, 0.05) is 24.4 Å². The predicted molar refractivity (Wildman–Crippen MR) is 109 cm³/mol. The zero-order chi connectivity index (χ0) is 18.2. The van der Waals surface area contributed by atoms with Crippen LogP contribution in [0.25, 0.3) is 22.6 Å². The lowest BCUT2D eigenvalue weighted by molar-refractivity contribution is 0.857. The van der Waals surface area contributed by atoms with Gasteiger partial charge in [0.05, 0.1) is 5.69 Å². The standard InChI is InChI=1S/C19H20N2.C4H10/c1-14(2)16-11-7-8-12-17(16)19-20-18(13-21(19)3)15-9-5-4-6-10-15;1-3-4-2/h4-14H,1-3H3;3-4H2,1-2H3. The predicted octanol–water partition coefficient (Wildman–Crippen LogP) is 6.68. The summed E-state index contributed by atoms with van der Waals surface area (Å²) in [6.07, 6.45) is 4.74. The molecule has 2 heteroatoms. The van der Waals surface area contributed by atoms with E-state index in [0.717, 1.165) is 17.1 Å². The third kappa shape index (κ3) is 4.82. The summed E-state index contributed by atoms with van der Waals surface area (Å²) < 4.78 is 2.11. The average molecular weight is 335 g/mol. The highest BCUT2D eigenvalue weighted by Crippen LogP contribution is 2.30. The first-order chi connectivity index (χ1) is 12.1. The molecule has 0 spiro atoms. The van der Waals surface area contributed by atoms with Crippen LogP contribution in [0.15, 0.2) is 60.8 Å². The van der Waals surface area contributed by atoms with Crippen molar-refractivity contribution in [3.05, 3.63) is 66.4 Å². The third-order valence-electron chi connectivity index (χ3n) is 4.27. The number of aryl methyl sites for hydroxylation is 1. The molecule has 0 saturated heterocycles. The molecule has 0 fully saturated rings. The largest absolute Gasteiger partial charge is 0.333 e. The van der Waals surface area contributed by atoms with Crippen LogP contribution in [-0.4, -0.2) is 9.55 Å². The fourth-order valence-corrected chi connectivity index (χ4v) is 2.67. The van der Waals surface area contributed by atoms with Gasteiger partial charge in [0.1, 0.15) is 5.82 Å². The van der Waals surface area contributed by atoms with E-state index in [0.29, 0.717) is 5.92 Å². The van der Waals surface area contributed by atoms with Crippen molar-refractivity contribution < 1.29 is 0 Å². The van der Waals surface area contributed by atoms with Gasteiger partial charge < -0.3 is 4.57 Å². The Morgan fingerprint density at radius 3 is 2.08 bits per heavy atom. The maximum absolute atomic E-state index is 4.86. The molecular formula is C23H30N2. The Labute approximate surface area is 152 Å². The minimum atomic E-state index is 0.484. The lowest BCUT2D eigenvalue weighted by Crippen LogP contribution is -1.97. The highest BCUT2D eigenvalue weighted by atomic mass is 15.0. The Bertz CT molecular complexity index is 768. The molecule has 1 aromatic heterocycles. The van der Waals surface area contributed by atoms with Crippen molar-refractivity contribution in [1.29, 1.82) is 0 Å². The van der Waals surface area contributed by atoms with Crippen molar-refractivity contribution in [2.45, 2.75) is 46.5 Å². The third-order valence-corrected chi connectivity index (χ3v) is 4.27. The number of nitrogens with zero attached hydrogens (tertiary/aromatic N) is 2. The van der Waals surface area contributed by atoms with E-state index < -0.39 is 0 Å². The van der Waals surface area contributed by atoms with Crippen molar-refractivity contribution in [2.75, 3.05) is 0 Å². The fourth-order valence-electron chi connectivity index (χ4n) is 2.67. The van der Waals surface area contributed by atoms with Gasteiger partial charge in [0.25, 0.3) is 0 Å². The fraction of sp³-hybridized carbons (Fsp3) is 0.348. The second-order valence-corrected chi connectivity index (χ2v) is 6.67. The van der Waals surface area contributed by atoms with Crippen LogP contribution in [-0.2, 0) is 7.05 Å². The van der Waals surface area contributed by atoms with Crippen LogP contribution in [0.2, 0.25) is 0 Å². The molecule has 2 nitrogen and oxygen atoms in total. The number of aromatic nitrogens is 2. The zero-order valence-corrected chi connectivity index (χ0v) is 16.2. The molecule has 0 unspecified atom stereocenters. The second kappa shape index (κ2) is 9.22. The van der Waals surface area contributed by atoms with Crippen LogP contribution in [0.1, 0.15) is 52.0 Å². The highest BCUT2D eigenvalue weighted by Gasteiger charge is 2.14. The van der Waals surface area contributed by atoms with Gasteiger partial charge in [-0.25, -0.2) is 4.98 Å². The van der Waals surface area contributed by atoms with Crippen LogP contribution in [0, 0.1) is 0 Å². The Morgan fingerprint density at radius 1 is 0.880 bits per heavy atom. The SMILES string of the molecule is CC(C)c1ccccc1-c1nc(-c2ccccc2)cn1C.CCCC. The van der Waals surface area contributed by atoms with Crippen molar-refractivity contribution in [1.82, 2.24) is 9.55 Å². The first-order valence-corrected chi connectivity index (χ1v) is 9.26. The average Bonchev–Trinajstić information content (AvgIpc) is 3.04. The maximum atomic E-state index is 4.86. The first-order valence-electron chi connectivity index (χ1n) is 9.26. The molecule has 0 aliphatic rings. The highest BCUT2D eigenvalue weighted by molar-refractivity contribution is 5.67. The lowest BCUT2D eigenvalue weighted by atomic mass is 9.97. The Kier molecular flexibility index (Phi) is 7.00. The minimum Gasteiger partial charge on any atom is -0.333 e. The number of hydrogen-bond acceptors (Lipinski definition) is 1. The van der Waals surface area contributed by atoms with E-state index in [9.17, 15) is 0 Å². The lowest BCUT2D eigenvalue weighted by Gasteiger charge is -2.12. The van der Waals surface area contributed by atoms with Crippen LogP contribution < -0.4 is 0 Å². The van der Waals surface area contributed by atoms with Gasteiger partial charge in [-0.2, -0.15) is 0 Å². The van der Waals surface area contributed by atoms with Crippen molar-refractivity contribution in [2.24, 2.45) is 7.05 Å². The summed E-state index contributed by atoms with van der Waals surface area (Å²) >= 11 is 0. The molecule has 3 rings (SSSR count). The Morgan fingerprint density at radius 2 is 1.48 bits per heavy atom. The summed E-state index contributed by atoms with van der Waals surface area (Å²) in [5.41, 5.74) is 4.73. The molecule has 132 valence electrons. The summed E-state index contributed by atoms with van der Waals surface area (Å²) in [6.45, 7) is 8.81. The minimum absolute atomic E-state index is 0.484. The van der Waals surface area contributed by atoms with Gasteiger partial charge in [-0.15, -0.1) is 0 Å². The molecule has 3 aromatic rings. The van der Waals surface area contributed by atoms with Gasteiger partial charge in [-0.3, -0.25) is 0 Å². The zero-order valence-electron chi connectivity index (χ0n) is 16.2. The van der Waals surface area contributed by atoms with E-state index in [1.54, 1.807) is 0 Å². The Balaban J connectivity index is 0.000000511. The molecule has 2 aromatic carbocycles. The monoisotopic (exact) mass is 334 g/mol. The number of benzene rings is 2. The number of unbranched alkanes of at least 4 members (excludes halogenated alkanes) is 1. The van der Waals surface area contributed by atoms with E-state index in [1.165, 1.54) is 24.0 Å². The Hall–Kier alpha value is -2.35. The molecule has 0 saturated carbocycles. The molecule has 0 amide bonds. The summed E-state index contributed by atoms with van der Waals surface area (Å²) in [5, 5.41) is 0. The van der Waals surface area contributed by atoms with Gasteiger partial charge >= 0.3 is 0 Å². The number of imidazole rings is 1. The van der Waals surface area contributed by atoms with Crippen molar-refractivity contribution in [3.63, 3.8) is 0 Å².